The van der Waals surface area contributed by atoms with E-state index in [2.05, 4.69) is 31.9 Å². The fourth-order valence-electron chi connectivity index (χ4n) is 2.77. The predicted octanol–water partition coefficient (Wildman–Crippen LogP) is 5.12. The Kier molecular flexibility index (Phi) is 12.6. The van der Waals surface area contributed by atoms with Gasteiger partial charge in [-0.2, -0.15) is 0 Å². The Hall–Kier alpha value is -1.78. The van der Waals surface area contributed by atoms with E-state index in [1.54, 1.807) is 24.3 Å². The van der Waals surface area contributed by atoms with Crippen LogP contribution in [0.25, 0.3) is 0 Å². The van der Waals surface area contributed by atoms with E-state index >= 15 is 0 Å². The van der Waals surface area contributed by atoms with Gasteiger partial charge in [0.1, 0.15) is 24.7 Å². The molecule has 0 unspecified atom stereocenters. The lowest BCUT2D eigenvalue weighted by Crippen LogP contribution is -2.15. The average molecular weight is 588 g/mol. The van der Waals surface area contributed by atoms with Crippen LogP contribution in [0.1, 0.15) is 34.6 Å². The summed E-state index contributed by atoms with van der Waals surface area (Å²) in [6, 6.07) is 10.7. The number of benzene rings is 2. The SMILES string of the molecule is CC(=O)c1cc(Br)ccc1OCCOCCOCCOCCOc1ccc(Br)cc1C(C)=O. The molecule has 7 nitrogen and oxygen atoms in total. The lowest BCUT2D eigenvalue weighted by Gasteiger charge is -2.11. The van der Waals surface area contributed by atoms with Crippen LogP contribution in [0.2, 0.25) is 0 Å². The highest BCUT2D eigenvalue weighted by molar-refractivity contribution is 9.10. The molecule has 0 bridgehead atoms. The van der Waals surface area contributed by atoms with Gasteiger partial charge < -0.3 is 23.7 Å². The van der Waals surface area contributed by atoms with Gasteiger partial charge in [0.2, 0.25) is 0 Å². The van der Waals surface area contributed by atoms with Crippen molar-refractivity contribution in [2.24, 2.45) is 0 Å². The van der Waals surface area contributed by atoms with Crippen molar-refractivity contribution in [1.29, 1.82) is 0 Å². The van der Waals surface area contributed by atoms with Crippen LogP contribution in [-0.2, 0) is 14.2 Å². The van der Waals surface area contributed by atoms with E-state index < -0.39 is 0 Å². The largest absolute Gasteiger partial charge is 0.490 e. The Labute approximate surface area is 210 Å². The van der Waals surface area contributed by atoms with E-state index in [1.165, 1.54) is 13.8 Å². The van der Waals surface area contributed by atoms with Crippen LogP contribution in [0.5, 0.6) is 11.5 Å². The molecule has 2 aromatic rings. The summed E-state index contributed by atoms with van der Waals surface area (Å²) in [7, 11) is 0. The highest BCUT2D eigenvalue weighted by Gasteiger charge is 2.10. The van der Waals surface area contributed by atoms with Gasteiger partial charge in [0.05, 0.1) is 50.8 Å². The third-order valence-electron chi connectivity index (χ3n) is 4.36. The molecule has 0 aliphatic heterocycles. The summed E-state index contributed by atoms with van der Waals surface area (Å²) in [5.74, 6) is 0.987. The Balaban J connectivity index is 1.47. The fourth-order valence-corrected chi connectivity index (χ4v) is 3.49. The molecule has 0 saturated heterocycles. The van der Waals surface area contributed by atoms with Gasteiger partial charge in [-0.05, 0) is 50.2 Å². The molecule has 0 aliphatic rings. The maximum absolute atomic E-state index is 11.7. The monoisotopic (exact) mass is 586 g/mol. The summed E-state index contributed by atoms with van der Waals surface area (Å²) in [5, 5.41) is 0. The standard InChI is InChI=1S/C24H28Br2O7/c1-17(27)21-15-19(25)3-5-23(21)32-13-11-30-9-7-29-8-10-31-12-14-33-24-6-4-20(26)16-22(24)18(2)28/h3-6,15-16H,7-14H2,1-2H3. The molecule has 0 N–H and O–H groups in total. The van der Waals surface area contributed by atoms with Gasteiger partial charge in [0.15, 0.2) is 11.6 Å². The molecule has 0 fully saturated rings. The molecule has 2 aromatic carbocycles. The summed E-state index contributed by atoms with van der Waals surface area (Å²) in [5.41, 5.74) is 1.07. The Bertz CT molecular complexity index is 844. The summed E-state index contributed by atoms with van der Waals surface area (Å²) >= 11 is 6.70. The molecule has 2 rings (SSSR count). The number of hydrogen-bond acceptors (Lipinski definition) is 7. The number of halogens is 2. The van der Waals surface area contributed by atoms with Gasteiger partial charge in [-0.1, -0.05) is 31.9 Å². The van der Waals surface area contributed by atoms with Crippen molar-refractivity contribution < 1.29 is 33.3 Å². The number of ketones is 2. The molecule has 0 aromatic heterocycles. The third-order valence-corrected chi connectivity index (χ3v) is 5.34. The van der Waals surface area contributed by atoms with E-state index in [0.717, 1.165) is 8.95 Å². The highest BCUT2D eigenvalue weighted by Crippen LogP contribution is 2.24. The van der Waals surface area contributed by atoms with Gasteiger partial charge >= 0.3 is 0 Å². The van der Waals surface area contributed by atoms with Crippen molar-refractivity contribution in [3.8, 4) is 11.5 Å². The zero-order chi connectivity index (χ0) is 24.1. The first-order valence-electron chi connectivity index (χ1n) is 10.5. The second-order valence-electron chi connectivity index (χ2n) is 6.93. The molecular weight excluding hydrogens is 560 g/mol. The Morgan fingerprint density at radius 2 is 0.939 bits per heavy atom. The average Bonchev–Trinajstić information content (AvgIpc) is 2.78. The Morgan fingerprint density at radius 1 is 0.606 bits per heavy atom. The summed E-state index contributed by atoms with van der Waals surface area (Å²) < 4.78 is 29.3. The predicted molar refractivity (Wildman–Crippen MR) is 132 cm³/mol. The molecule has 0 heterocycles. The van der Waals surface area contributed by atoms with Crippen molar-refractivity contribution in [1.82, 2.24) is 0 Å². The minimum absolute atomic E-state index is 0.0523. The van der Waals surface area contributed by atoms with Crippen LogP contribution < -0.4 is 9.47 Å². The van der Waals surface area contributed by atoms with E-state index in [9.17, 15) is 9.59 Å². The number of Topliss-reactive ketones (excluding diaryl/α,β-unsaturated/α-hetero) is 2. The maximum Gasteiger partial charge on any atom is 0.163 e. The highest BCUT2D eigenvalue weighted by atomic mass is 79.9. The number of hydrogen-bond donors (Lipinski definition) is 0. The van der Waals surface area contributed by atoms with Crippen molar-refractivity contribution in [2.45, 2.75) is 13.8 Å². The minimum Gasteiger partial charge on any atom is -0.490 e. The second kappa shape index (κ2) is 15.2. The normalized spacial score (nSPS) is 10.8. The molecule has 0 amide bonds. The number of carbonyl (C=O) groups excluding carboxylic acids is 2. The first-order valence-corrected chi connectivity index (χ1v) is 12.1. The van der Waals surface area contributed by atoms with Gasteiger partial charge in [0, 0.05) is 8.95 Å². The lowest BCUT2D eigenvalue weighted by atomic mass is 10.1. The minimum atomic E-state index is -0.0523. The second-order valence-corrected chi connectivity index (χ2v) is 8.76. The molecule has 0 atom stereocenters. The maximum atomic E-state index is 11.7. The van der Waals surface area contributed by atoms with Gasteiger partial charge in [0.25, 0.3) is 0 Å². The summed E-state index contributed by atoms with van der Waals surface area (Å²) in [4.78, 5) is 23.3. The molecule has 33 heavy (non-hydrogen) atoms. The van der Waals surface area contributed by atoms with Gasteiger partial charge in [-0.15, -0.1) is 0 Å². The molecule has 0 radical (unpaired) electrons. The van der Waals surface area contributed by atoms with Crippen molar-refractivity contribution >= 4 is 43.4 Å². The smallest absolute Gasteiger partial charge is 0.163 e. The first kappa shape index (κ1) is 27.5. The van der Waals surface area contributed by atoms with Crippen molar-refractivity contribution in [3.63, 3.8) is 0 Å². The first-order chi connectivity index (χ1) is 15.9. The number of rotatable bonds is 16. The third kappa shape index (κ3) is 10.4. The van der Waals surface area contributed by atoms with Crippen LogP contribution in [0.3, 0.4) is 0 Å². The number of ether oxygens (including phenoxy) is 5. The molecule has 0 saturated carbocycles. The Morgan fingerprint density at radius 3 is 1.27 bits per heavy atom. The zero-order valence-corrected chi connectivity index (χ0v) is 21.9. The molecule has 180 valence electrons. The summed E-state index contributed by atoms with van der Waals surface area (Å²) in [6.07, 6.45) is 0. The van der Waals surface area contributed by atoms with Crippen LogP contribution in [0.15, 0.2) is 45.3 Å². The molecule has 0 aliphatic carbocycles. The quantitative estimate of drug-likeness (QED) is 0.199. The lowest BCUT2D eigenvalue weighted by molar-refractivity contribution is 0.00493. The fraction of sp³-hybridized carbons (Fsp3) is 0.417. The molecule has 9 heteroatoms. The van der Waals surface area contributed by atoms with Crippen molar-refractivity contribution in [3.05, 3.63) is 56.5 Å². The van der Waals surface area contributed by atoms with Crippen LogP contribution in [0, 0.1) is 0 Å². The van der Waals surface area contributed by atoms with Gasteiger partial charge in [-0.3, -0.25) is 9.59 Å². The van der Waals surface area contributed by atoms with Gasteiger partial charge in [-0.25, -0.2) is 0 Å². The van der Waals surface area contributed by atoms with E-state index in [1.807, 2.05) is 12.1 Å². The number of carbonyl (C=O) groups is 2. The van der Waals surface area contributed by atoms with E-state index in [4.69, 9.17) is 23.7 Å². The molecule has 0 spiro atoms. The van der Waals surface area contributed by atoms with E-state index in [-0.39, 0.29) is 11.6 Å². The van der Waals surface area contributed by atoms with E-state index in [0.29, 0.717) is 75.5 Å². The van der Waals surface area contributed by atoms with Crippen LogP contribution in [-0.4, -0.2) is 64.4 Å². The van der Waals surface area contributed by atoms with Crippen molar-refractivity contribution in [2.75, 3.05) is 52.9 Å². The topological polar surface area (TPSA) is 80.3 Å². The van der Waals surface area contributed by atoms with Crippen LogP contribution in [0.4, 0.5) is 0 Å². The molecular formula is C24H28Br2O7. The summed E-state index contributed by atoms with van der Waals surface area (Å²) in [6.45, 7) is 6.23. The van der Waals surface area contributed by atoms with Crippen LogP contribution >= 0.6 is 31.9 Å². The zero-order valence-electron chi connectivity index (χ0n) is 18.7.